The summed E-state index contributed by atoms with van der Waals surface area (Å²) < 4.78 is 0. The Morgan fingerprint density at radius 2 is 1.55 bits per heavy atom. The number of fused-ring (bicyclic) bond motifs is 2. The van der Waals surface area contributed by atoms with Crippen molar-refractivity contribution in [1.29, 1.82) is 0 Å². The molecule has 1 heterocycles. The van der Waals surface area contributed by atoms with Gasteiger partial charge < -0.3 is 5.32 Å². The first kappa shape index (κ1) is 11.5. The van der Waals surface area contributed by atoms with Crippen LogP contribution in [0.4, 0.5) is 5.69 Å². The molecule has 0 fully saturated rings. The molecule has 4 rings (SSSR count). The van der Waals surface area contributed by atoms with Crippen molar-refractivity contribution in [1.82, 2.24) is 0 Å². The highest BCUT2D eigenvalue weighted by Crippen LogP contribution is 2.30. The summed E-state index contributed by atoms with van der Waals surface area (Å²) in [6.07, 6.45) is 2.43. The van der Waals surface area contributed by atoms with E-state index in [1.807, 2.05) is 0 Å². The third-order valence-corrected chi connectivity index (χ3v) is 4.13. The predicted octanol–water partition coefficient (Wildman–Crippen LogP) is 4.86. The summed E-state index contributed by atoms with van der Waals surface area (Å²) in [4.78, 5) is 0. The molecule has 0 spiro atoms. The molecule has 20 heavy (non-hydrogen) atoms. The molecule has 0 amide bonds. The Morgan fingerprint density at radius 1 is 0.750 bits per heavy atom. The van der Waals surface area contributed by atoms with E-state index in [0.717, 1.165) is 6.54 Å². The Balaban J connectivity index is 1.82. The van der Waals surface area contributed by atoms with Crippen LogP contribution in [0.3, 0.4) is 0 Å². The summed E-state index contributed by atoms with van der Waals surface area (Å²) in [6, 6.07) is 22.0. The lowest BCUT2D eigenvalue weighted by Crippen LogP contribution is -2.11. The summed E-state index contributed by atoms with van der Waals surface area (Å²) in [5.74, 6) is 0. The summed E-state index contributed by atoms with van der Waals surface area (Å²) in [6.45, 7) is 1.09. The minimum Gasteiger partial charge on any atom is -0.385 e. The van der Waals surface area contributed by atoms with E-state index in [0.29, 0.717) is 0 Å². The first-order chi connectivity index (χ1) is 9.90. The number of anilines is 1. The van der Waals surface area contributed by atoms with Crippen LogP contribution in [0.1, 0.15) is 12.0 Å². The largest absolute Gasteiger partial charge is 0.385 e. The molecule has 0 atom stereocenters. The quantitative estimate of drug-likeness (QED) is 0.657. The Bertz CT molecular complexity index is 774. The van der Waals surface area contributed by atoms with Crippen molar-refractivity contribution >= 4 is 16.5 Å². The van der Waals surface area contributed by atoms with Crippen molar-refractivity contribution < 1.29 is 0 Å². The summed E-state index contributed by atoms with van der Waals surface area (Å²) in [7, 11) is 0. The highest BCUT2D eigenvalue weighted by molar-refractivity contribution is 5.87. The van der Waals surface area contributed by atoms with Gasteiger partial charge in [-0.25, -0.2) is 0 Å². The molecular weight excluding hydrogens is 242 g/mol. The first-order valence-corrected chi connectivity index (χ1v) is 7.26. The maximum Gasteiger partial charge on any atom is 0.0378 e. The van der Waals surface area contributed by atoms with Crippen molar-refractivity contribution in [2.75, 3.05) is 11.9 Å². The highest BCUT2D eigenvalue weighted by atomic mass is 14.9. The molecule has 0 aromatic heterocycles. The first-order valence-electron chi connectivity index (χ1n) is 7.26. The molecule has 0 unspecified atom stereocenters. The fourth-order valence-corrected chi connectivity index (χ4v) is 3.01. The van der Waals surface area contributed by atoms with Crippen molar-refractivity contribution in [2.24, 2.45) is 0 Å². The lowest BCUT2D eigenvalue weighted by atomic mass is 9.96. The van der Waals surface area contributed by atoms with Crippen LogP contribution in [-0.4, -0.2) is 6.54 Å². The van der Waals surface area contributed by atoms with Crippen LogP contribution in [0.2, 0.25) is 0 Å². The molecule has 1 aliphatic rings. The van der Waals surface area contributed by atoms with E-state index in [1.165, 1.54) is 46.0 Å². The molecule has 1 aliphatic heterocycles. The third kappa shape index (κ3) is 1.96. The van der Waals surface area contributed by atoms with Crippen molar-refractivity contribution in [2.45, 2.75) is 12.8 Å². The fraction of sp³-hybridized carbons (Fsp3) is 0.158. The van der Waals surface area contributed by atoms with Gasteiger partial charge in [-0.2, -0.15) is 0 Å². The van der Waals surface area contributed by atoms with Crippen molar-refractivity contribution in [3.63, 3.8) is 0 Å². The second-order valence-electron chi connectivity index (χ2n) is 5.46. The number of rotatable bonds is 1. The number of benzene rings is 3. The Labute approximate surface area is 119 Å². The normalized spacial score (nSPS) is 13.8. The van der Waals surface area contributed by atoms with Gasteiger partial charge in [0.25, 0.3) is 0 Å². The van der Waals surface area contributed by atoms with Crippen LogP contribution >= 0.6 is 0 Å². The molecule has 1 N–H and O–H groups in total. The summed E-state index contributed by atoms with van der Waals surface area (Å²) in [5, 5.41) is 6.11. The Morgan fingerprint density at radius 3 is 2.50 bits per heavy atom. The molecule has 3 aromatic rings. The zero-order chi connectivity index (χ0) is 13.4. The van der Waals surface area contributed by atoms with Gasteiger partial charge in [0.05, 0.1) is 0 Å². The van der Waals surface area contributed by atoms with Crippen LogP contribution in [0, 0.1) is 0 Å². The van der Waals surface area contributed by atoms with E-state index >= 15 is 0 Å². The highest BCUT2D eigenvalue weighted by Gasteiger charge is 2.09. The predicted molar refractivity (Wildman–Crippen MR) is 86.2 cm³/mol. The van der Waals surface area contributed by atoms with Crippen LogP contribution in [0.25, 0.3) is 21.9 Å². The minimum atomic E-state index is 1.09. The standard InChI is InChI=1S/C19H17N/c1-2-5-16-12-17(9-7-14(16)4-1)18-10-8-15-6-3-11-20-19(15)13-18/h1-2,4-5,7-10,12-13,20H,3,6,11H2. The molecule has 0 bridgehead atoms. The average Bonchev–Trinajstić information content (AvgIpc) is 2.54. The second-order valence-corrected chi connectivity index (χ2v) is 5.46. The number of nitrogens with one attached hydrogen (secondary N) is 1. The third-order valence-electron chi connectivity index (χ3n) is 4.13. The summed E-state index contributed by atoms with van der Waals surface area (Å²) in [5.41, 5.74) is 5.34. The Hall–Kier alpha value is -2.28. The van der Waals surface area contributed by atoms with E-state index in [-0.39, 0.29) is 0 Å². The van der Waals surface area contributed by atoms with Crippen LogP contribution < -0.4 is 5.32 Å². The molecule has 0 saturated heterocycles. The second kappa shape index (κ2) is 4.68. The topological polar surface area (TPSA) is 12.0 Å². The van der Waals surface area contributed by atoms with E-state index in [4.69, 9.17) is 0 Å². The summed E-state index contributed by atoms with van der Waals surface area (Å²) >= 11 is 0. The van der Waals surface area contributed by atoms with Crippen LogP contribution in [-0.2, 0) is 6.42 Å². The van der Waals surface area contributed by atoms with E-state index in [1.54, 1.807) is 0 Å². The maximum absolute atomic E-state index is 3.51. The number of hydrogen-bond acceptors (Lipinski definition) is 1. The van der Waals surface area contributed by atoms with E-state index in [9.17, 15) is 0 Å². The van der Waals surface area contributed by atoms with Crippen LogP contribution in [0.15, 0.2) is 60.7 Å². The van der Waals surface area contributed by atoms with Crippen molar-refractivity contribution in [3.8, 4) is 11.1 Å². The molecule has 0 aliphatic carbocycles. The van der Waals surface area contributed by atoms with E-state index in [2.05, 4.69) is 66.0 Å². The fourth-order valence-electron chi connectivity index (χ4n) is 3.01. The maximum atomic E-state index is 3.51. The minimum absolute atomic E-state index is 1.09. The van der Waals surface area contributed by atoms with Gasteiger partial charge in [-0.15, -0.1) is 0 Å². The van der Waals surface area contributed by atoms with Crippen LogP contribution in [0.5, 0.6) is 0 Å². The van der Waals surface area contributed by atoms with Gasteiger partial charge in [0.2, 0.25) is 0 Å². The molecule has 1 nitrogen and oxygen atoms in total. The smallest absolute Gasteiger partial charge is 0.0378 e. The molecule has 98 valence electrons. The SMILES string of the molecule is c1ccc2cc(-c3ccc4c(c3)NCCC4)ccc2c1. The van der Waals surface area contributed by atoms with Gasteiger partial charge in [0.15, 0.2) is 0 Å². The number of hydrogen-bond donors (Lipinski definition) is 1. The molecule has 1 heteroatoms. The van der Waals surface area contributed by atoms with Gasteiger partial charge in [-0.05, 0) is 52.4 Å². The number of aryl methyl sites for hydroxylation is 1. The molecule has 3 aromatic carbocycles. The van der Waals surface area contributed by atoms with Gasteiger partial charge in [-0.1, -0.05) is 48.5 Å². The molecule has 0 saturated carbocycles. The lowest BCUT2D eigenvalue weighted by molar-refractivity contribution is 0.830. The zero-order valence-corrected chi connectivity index (χ0v) is 11.4. The molecular formula is C19H17N. The van der Waals surface area contributed by atoms with E-state index < -0.39 is 0 Å². The molecule has 0 radical (unpaired) electrons. The zero-order valence-electron chi connectivity index (χ0n) is 11.4. The average molecular weight is 259 g/mol. The van der Waals surface area contributed by atoms with Gasteiger partial charge in [-0.3, -0.25) is 0 Å². The van der Waals surface area contributed by atoms with Gasteiger partial charge in [0, 0.05) is 12.2 Å². The van der Waals surface area contributed by atoms with Gasteiger partial charge in [0.1, 0.15) is 0 Å². The Kier molecular flexibility index (Phi) is 2.70. The van der Waals surface area contributed by atoms with Crippen molar-refractivity contribution in [3.05, 3.63) is 66.2 Å². The monoisotopic (exact) mass is 259 g/mol. The lowest BCUT2D eigenvalue weighted by Gasteiger charge is -2.19. The van der Waals surface area contributed by atoms with Gasteiger partial charge >= 0.3 is 0 Å².